The van der Waals surface area contributed by atoms with Crippen LogP contribution in [-0.2, 0) is 6.54 Å². The molecule has 0 unspecified atom stereocenters. The monoisotopic (exact) mass is 499 g/mol. The molecule has 1 aliphatic heterocycles. The zero-order chi connectivity index (χ0) is 21.1. The molecule has 2 N–H and O–H groups in total. The Morgan fingerprint density at radius 3 is 2.90 bits per heavy atom. The van der Waals surface area contributed by atoms with Gasteiger partial charge in [0.2, 0.25) is 5.95 Å². The molecule has 6 nitrogen and oxygen atoms in total. The van der Waals surface area contributed by atoms with Crippen molar-refractivity contribution >= 4 is 65.4 Å². The molecule has 1 aromatic carbocycles. The number of nitrogens with one attached hydrogen (secondary N) is 2. The highest BCUT2D eigenvalue weighted by Gasteiger charge is 2.23. The van der Waals surface area contributed by atoms with Crippen molar-refractivity contribution in [2.24, 2.45) is 0 Å². The van der Waals surface area contributed by atoms with E-state index in [1.807, 2.05) is 12.1 Å². The zero-order valence-electron chi connectivity index (χ0n) is 16.8. The smallest absolute Gasteiger partial charge is 0.205 e. The molecule has 1 saturated heterocycles. The van der Waals surface area contributed by atoms with Crippen molar-refractivity contribution < 1.29 is 4.74 Å². The van der Waals surface area contributed by atoms with Gasteiger partial charge >= 0.3 is 0 Å². The second-order valence-electron chi connectivity index (χ2n) is 7.21. The third kappa shape index (κ3) is 5.79. The summed E-state index contributed by atoms with van der Waals surface area (Å²) in [6, 6.07) is 7.51. The van der Waals surface area contributed by atoms with E-state index in [-0.39, 0.29) is 19.5 Å². The van der Waals surface area contributed by atoms with E-state index in [0.29, 0.717) is 39.7 Å². The van der Waals surface area contributed by atoms with Crippen LogP contribution in [0.4, 0.5) is 5.95 Å². The standard InChI is InChI=1S/C21H22Cl3N5O.H2S/c1-2-8-30-19-13(9-14(22)10-16(19)23)11-25-15-4-3-7-29(12-15)21-26-17-5-6-18(24)27-20(17)28-21;/h2,5-6,9-10,15,25H,1,3-4,7-8,11-12H2,(H,26,27,28);1H2/t15-;/m0./s1. The molecular weight excluding hydrogens is 477 g/mol. The second-order valence-corrected chi connectivity index (χ2v) is 8.44. The Labute approximate surface area is 203 Å². The number of anilines is 1. The first-order valence-corrected chi connectivity index (χ1v) is 10.9. The van der Waals surface area contributed by atoms with Crippen molar-refractivity contribution in [3.8, 4) is 5.75 Å². The summed E-state index contributed by atoms with van der Waals surface area (Å²) in [5, 5.41) is 5.13. The molecule has 4 rings (SSSR count). The first-order chi connectivity index (χ1) is 14.5. The molecule has 3 heterocycles. The van der Waals surface area contributed by atoms with Gasteiger partial charge in [0, 0.05) is 36.3 Å². The van der Waals surface area contributed by atoms with Gasteiger partial charge in [0.15, 0.2) is 5.65 Å². The van der Waals surface area contributed by atoms with Gasteiger partial charge in [-0.2, -0.15) is 18.5 Å². The molecule has 10 heteroatoms. The summed E-state index contributed by atoms with van der Waals surface area (Å²) in [6.07, 6.45) is 3.81. The molecule has 3 aromatic rings. The van der Waals surface area contributed by atoms with Crippen molar-refractivity contribution in [1.29, 1.82) is 0 Å². The van der Waals surface area contributed by atoms with Crippen LogP contribution in [-0.4, -0.2) is 40.7 Å². The fourth-order valence-corrected chi connectivity index (χ4v) is 4.38. The third-order valence-corrected chi connectivity index (χ3v) is 5.74. The number of fused-ring (bicyclic) bond motifs is 1. The van der Waals surface area contributed by atoms with Gasteiger partial charge in [0.25, 0.3) is 0 Å². The SMILES string of the molecule is C=CCOc1c(Cl)cc(Cl)cc1CN[C@H]1CCCN(c2nc3nc(Cl)ccc3[nH]2)C1.S. The van der Waals surface area contributed by atoms with Crippen LogP contribution in [0.25, 0.3) is 11.2 Å². The number of hydrogen-bond donors (Lipinski definition) is 2. The molecule has 0 bridgehead atoms. The minimum absolute atomic E-state index is 0. The third-order valence-electron chi connectivity index (χ3n) is 5.03. The number of rotatable bonds is 7. The lowest BCUT2D eigenvalue weighted by Crippen LogP contribution is -2.46. The van der Waals surface area contributed by atoms with Gasteiger partial charge in [-0.25, -0.2) is 4.98 Å². The number of pyridine rings is 1. The van der Waals surface area contributed by atoms with Crippen LogP contribution in [0.2, 0.25) is 15.2 Å². The second kappa shape index (κ2) is 10.8. The highest BCUT2D eigenvalue weighted by Crippen LogP contribution is 2.33. The first kappa shape index (κ1) is 24.0. The number of H-pyrrole nitrogens is 1. The van der Waals surface area contributed by atoms with Crippen LogP contribution in [0.15, 0.2) is 36.9 Å². The normalized spacial score (nSPS) is 16.2. The highest BCUT2D eigenvalue weighted by atomic mass is 35.5. The maximum absolute atomic E-state index is 6.34. The summed E-state index contributed by atoms with van der Waals surface area (Å²) >= 11 is 18.5. The van der Waals surface area contributed by atoms with Gasteiger partial charge < -0.3 is 19.9 Å². The van der Waals surface area contributed by atoms with E-state index in [1.54, 1.807) is 18.2 Å². The summed E-state index contributed by atoms with van der Waals surface area (Å²) in [4.78, 5) is 14.4. The lowest BCUT2D eigenvalue weighted by atomic mass is 10.1. The Kier molecular flexibility index (Phi) is 8.36. The number of halogens is 3. The van der Waals surface area contributed by atoms with Gasteiger partial charge in [-0.15, -0.1) is 0 Å². The van der Waals surface area contributed by atoms with E-state index in [4.69, 9.17) is 39.5 Å². The maximum Gasteiger partial charge on any atom is 0.205 e. The summed E-state index contributed by atoms with van der Waals surface area (Å²) in [6.45, 7) is 6.44. The van der Waals surface area contributed by atoms with Crippen LogP contribution in [0, 0.1) is 0 Å². The van der Waals surface area contributed by atoms with E-state index < -0.39 is 0 Å². The fourth-order valence-electron chi connectivity index (χ4n) is 3.65. The average molecular weight is 501 g/mol. The molecule has 166 valence electrons. The summed E-state index contributed by atoms with van der Waals surface area (Å²) in [5.41, 5.74) is 2.43. The quantitative estimate of drug-likeness (QED) is 0.338. The molecule has 0 aliphatic carbocycles. The minimum atomic E-state index is 0. The lowest BCUT2D eigenvalue weighted by Gasteiger charge is -2.33. The van der Waals surface area contributed by atoms with Crippen LogP contribution in [0.1, 0.15) is 18.4 Å². The first-order valence-electron chi connectivity index (χ1n) is 9.75. The van der Waals surface area contributed by atoms with E-state index in [1.165, 1.54) is 0 Å². The number of benzene rings is 1. The number of nitrogens with zero attached hydrogens (tertiary/aromatic N) is 3. The number of hydrogen-bond acceptors (Lipinski definition) is 5. The van der Waals surface area contributed by atoms with Crippen LogP contribution in [0.3, 0.4) is 0 Å². The predicted molar refractivity (Wildman–Crippen MR) is 134 cm³/mol. The predicted octanol–water partition coefficient (Wildman–Crippen LogP) is 5.35. The van der Waals surface area contributed by atoms with Gasteiger partial charge in [0.1, 0.15) is 17.5 Å². The van der Waals surface area contributed by atoms with Crippen molar-refractivity contribution in [2.45, 2.75) is 25.4 Å². The maximum atomic E-state index is 6.34. The largest absolute Gasteiger partial charge is 0.488 e. The molecular formula is C21H24Cl3N5OS. The molecule has 1 aliphatic rings. The Morgan fingerprint density at radius 2 is 2.10 bits per heavy atom. The lowest BCUT2D eigenvalue weighted by molar-refractivity contribution is 0.354. The zero-order valence-corrected chi connectivity index (χ0v) is 20.1. The van der Waals surface area contributed by atoms with Gasteiger partial charge in [0.05, 0.1) is 10.5 Å². The van der Waals surface area contributed by atoms with Crippen molar-refractivity contribution in [3.05, 3.63) is 57.7 Å². The number of ether oxygens (including phenoxy) is 1. The highest BCUT2D eigenvalue weighted by molar-refractivity contribution is 7.59. The molecule has 1 atom stereocenters. The van der Waals surface area contributed by atoms with Gasteiger partial charge in [-0.1, -0.05) is 47.5 Å². The number of aromatic nitrogens is 3. The van der Waals surface area contributed by atoms with E-state index in [9.17, 15) is 0 Å². The molecule has 31 heavy (non-hydrogen) atoms. The Bertz CT molecular complexity index is 1060. The molecule has 0 amide bonds. The van der Waals surface area contributed by atoms with Gasteiger partial charge in [-0.05, 0) is 37.1 Å². The van der Waals surface area contributed by atoms with E-state index >= 15 is 0 Å². The number of piperidine rings is 1. The molecule has 0 spiro atoms. The Morgan fingerprint density at radius 1 is 1.26 bits per heavy atom. The average Bonchev–Trinajstić information content (AvgIpc) is 3.15. The summed E-state index contributed by atoms with van der Waals surface area (Å²) in [7, 11) is 0. The fraction of sp³-hybridized carbons (Fsp3) is 0.333. The molecule has 0 radical (unpaired) electrons. The summed E-state index contributed by atoms with van der Waals surface area (Å²) in [5.74, 6) is 1.45. The summed E-state index contributed by atoms with van der Waals surface area (Å²) < 4.78 is 5.75. The molecule has 1 fully saturated rings. The Balaban J connectivity index is 0.00000272. The number of aromatic amines is 1. The van der Waals surface area contributed by atoms with Crippen LogP contribution < -0.4 is 15.0 Å². The topological polar surface area (TPSA) is 66.1 Å². The van der Waals surface area contributed by atoms with Crippen LogP contribution in [0.5, 0.6) is 5.75 Å². The van der Waals surface area contributed by atoms with E-state index in [0.717, 1.165) is 43.0 Å². The number of imidazole rings is 1. The molecule has 2 aromatic heterocycles. The van der Waals surface area contributed by atoms with Crippen molar-refractivity contribution in [3.63, 3.8) is 0 Å². The van der Waals surface area contributed by atoms with Crippen LogP contribution >= 0.6 is 48.3 Å². The Hall–Kier alpha value is -1.64. The van der Waals surface area contributed by atoms with Crippen molar-refractivity contribution in [2.75, 3.05) is 24.6 Å². The van der Waals surface area contributed by atoms with Crippen molar-refractivity contribution in [1.82, 2.24) is 20.3 Å². The van der Waals surface area contributed by atoms with E-state index in [2.05, 4.69) is 31.7 Å². The minimum Gasteiger partial charge on any atom is -0.488 e. The molecule has 0 saturated carbocycles. The van der Waals surface area contributed by atoms with Gasteiger partial charge in [-0.3, -0.25) is 0 Å².